The van der Waals surface area contributed by atoms with Crippen molar-refractivity contribution in [2.24, 2.45) is 0 Å². The lowest BCUT2D eigenvalue weighted by molar-refractivity contribution is 0.175. The Balaban J connectivity index is 1.72. The third-order valence-electron chi connectivity index (χ3n) is 4.11. The van der Waals surface area contributed by atoms with Crippen molar-refractivity contribution in [3.05, 3.63) is 6.67 Å². The minimum Gasteiger partial charge on any atom is -0.285 e. The van der Waals surface area contributed by atoms with Crippen molar-refractivity contribution in [1.29, 1.82) is 0 Å². The molecule has 1 radical (unpaired) electrons. The molecule has 2 fully saturated rings. The van der Waals surface area contributed by atoms with E-state index in [9.17, 15) is 0 Å². The van der Waals surface area contributed by atoms with Crippen LogP contribution in [0.1, 0.15) is 64.2 Å². The molecular formula is C15H29N2. The fourth-order valence-electron chi connectivity index (χ4n) is 3.01. The van der Waals surface area contributed by atoms with Crippen LogP contribution >= 0.6 is 0 Å². The highest BCUT2D eigenvalue weighted by Crippen LogP contribution is 2.16. The molecule has 0 aromatic heterocycles. The number of hydrogen-bond acceptors (Lipinski definition) is 2. The van der Waals surface area contributed by atoms with Gasteiger partial charge in [-0.05, 0) is 51.9 Å². The second-order valence-corrected chi connectivity index (χ2v) is 5.72. The third-order valence-corrected chi connectivity index (χ3v) is 4.11. The largest absolute Gasteiger partial charge is 0.285 e. The molecule has 0 spiro atoms. The van der Waals surface area contributed by atoms with E-state index < -0.39 is 0 Å². The first-order valence-electron chi connectivity index (χ1n) is 7.78. The summed E-state index contributed by atoms with van der Waals surface area (Å²) < 4.78 is 0. The highest BCUT2D eigenvalue weighted by molar-refractivity contribution is 4.74. The molecule has 2 heteroatoms. The van der Waals surface area contributed by atoms with Crippen LogP contribution < -0.4 is 0 Å². The van der Waals surface area contributed by atoms with Gasteiger partial charge in [-0.15, -0.1) is 0 Å². The molecule has 0 aromatic rings. The second kappa shape index (κ2) is 8.10. The molecule has 0 aliphatic carbocycles. The maximum absolute atomic E-state index is 2.58. The van der Waals surface area contributed by atoms with E-state index in [-0.39, 0.29) is 0 Å². The van der Waals surface area contributed by atoms with Gasteiger partial charge in [-0.1, -0.05) is 38.5 Å². The maximum atomic E-state index is 2.58. The normalized spacial score (nSPS) is 26.8. The van der Waals surface area contributed by atoms with Crippen LogP contribution in [0.3, 0.4) is 0 Å². The summed E-state index contributed by atoms with van der Waals surface area (Å²) >= 11 is 0. The Bertz CT molecular complexity index is 157. The molecule has 0 bridgehead atoms. The van der Waals surface area contributed by atoms with Gasteiger partial charge < -0.3 is 0 Å². The summed E-state index contributed by atoms with van der Waals surface area (Å²) in [6.45, 7) is 7.61. The molecule has 2 saturated heterocycles. The summed E-state index contributed by atoms with van der Waals surface area (Å²) in [5, 5.41) is 0. The minimum atomic E-state index is 1.29. The van der Waals surface area contributed by atoms with E-state index in [0.29, 0.717) is 0 Å². The molecule has 2 rings (SSSR count). The Hall–Kier alpha value is -0.0800. The number of nitrogens with zero attached hydrogens (tertiary/aromatic N) is 2. The van der Waals surface area contributed by atoms with Crippen LogP contribution in [-0.2, 0) is 0 Å². The van der Waals surface area contributed by atoms with Crippen molar-refractivity contribution in [2.45, 2.75) is 64.2 Å². The van der Waals surface area contributed by atoms with E-state index in [4.69, 9.17) is 0 Å². The average molecular weight is 237 g/mol. The van der Waals surface area contributed by atoms with E-state index in [2.05, 4.69) is 16.5 Å². The van der Waals surface area contributed by atoms with E-state index >= 15 is 0 Å². The Kier molecular flexibility index (Phi) is 6.36. The summed E-state index contributed by atoms with van der Waals surface area (Å²) in [6, 6.07) is 0. The van der Waals surface area contributed by atoms with Crippen LogP contribution in [0.15, 0.2) is 0 Å². The zero-order valence-corrected chi connectivity index (χ0v) is 11.4. The van der Waals surface area contributed by atoms with Gasteiger partial charge in [0.05, 0.1) is 6.67 Å². The molecular weight excluding hydrogens is 208 g/mol. The predicted octanol–water partition coefficient (Wildman–Crippen LogP) is 3.64. The Morgan fingerprint density at radius 3 is 1.06 bits per heavy atom. The zero-order chi connectivity index (χ0) is 11.8. The van der Waals surface area contributed by atoms with Crippen molar-refractivity contribution in [1.82, 2.24) is 9.80 Å². The highest BCUT2D eigenvalue weighted by atomic mass is 15.3. The number of rotatable bonds is 2. The highest BCUT2D eigenvalue weighted by Gasteiger charge is 2.14. The molecule has 2 aliphatic rings. The predicted molar refractivity (Wildman–Crippen MR) is 73.6 cm³/mol. The Labute approximate surface area is 107 Å². The van der Waals surface area contributed by atoms with Crippen LogP contribution in [0.2, 0.25) is 0 Å². The summed E-state index contributed by atoms with van der Waals surface area (Å²) in [5.41, 5.74) is 0. The van der Waals surface area contributed by atoms with Crippen LogP contribution in [0, 0.1) is 6.67 Å². The van der Waals surface area contributed by atoms with Crippen molar-refractivity contribution in [3.8, 4) is 0 Å². The topological polar surface area (TPSA) is 6.48 Å². The third kappa shape index (κ3) is 5.39. The molecule has 2 heterocycles. The van der Waals surface area contributed by atoms with E-state index in [1.54, 1.807) is 0 Å². The van der Waals surface area contributed by atoms with Gasteiger partial charge in [-0.25, -0.2) is 0 Å². The lowest BCUT2D eigenvalue weighted by Gasteiger charge is -2.31. The first-order valence-corrected chi connectivity index (χ1v) is 7.78. The summed E-state index contributed by atoms with van der Waals surface area (Å²) in [6.07, 6.45) is 14.2. The molecule has 0 amide bonds. The Morgan fingerprint density at radius 2 is 0.706 bits per heavy atom. The van der Waals surface area contributed by atoms with Crippen molar-refractivity contribution >= 4 is 0 Å². The van der Waals surface area contributed by atoms with Crippen molar-refractivity contribution < 1.29 is 0 Å². The standard InChI is InChI=1S/C15H29N2/c1-3-7-11-16(12-8-4-1)15-17-13-9-5-2-6-10-14-17/h15H,1-14H2. The summed E-state index contributed by atoms with van der Waals surface area (Å²) in [5.74, 6) is 0. The van der Waals surface area contributed by atoms with Crippen LogP contribution in [0.25, 0.3) is 0 Å². The van der Waals surface area contributed by atoms with E-state index in [0.717, 1.165) is 0 Å². The molecule has 2 nitrogen and oxygen atoms in total. The number of likely N-dealkylation sites (tertiary alicyclic amines) is 2. The second-order valence-electron chi connectivity index (χ2n) is 5.72. The molecule has 0 saturated carbocycles. The first-order chi connectivity index (χ1) is 8.45. The van der Waals surface area contributed by atoms with Gasteiger partial charge in [0, 0.05) is 0 Å². The quantitative estimate of drug-likeness (QED) is 0.723. The maximum Gasteiger partial charge on any atom is 0.0921 e. The molecule has 0 unspecified atom stereocenters. The monoisotopic (exact) mass is 237 g/mol. The molecule has 0 atom stereocenters. The van der Waals surface area contributed by atoms with Gasteiger partial charge in [0.1, 0.15) is 0 Å². The SMILES string of the molecule is [CH](N1CCCCCCC1)N1CCCCCCC1. The van der Waals surface area contributed by atoms with Gasteiger partial charge in [0.2, 0.25) is 0 Å². The lowest BCUT2D eigenvalue weighted by Crippen LogP contribution is -2.36. The van der Waals surface area contributed by atoms with E-state index in [1.807, 2.05) is 0 Å². The minimum absolute atomic E-state index is 1.29. The average Bonchev–Trinajstić information content (AvgIpc) is 2.24. The molecule has 0 aromatic carbocycles. The lowest BCUT2D eigenvalue weighted by atomic mass is 10.1. The van der Waals surface area contributed by atoms with Gasteiger partial charge in [-0.3, -0.25) is 9.80 Å². The number of hydrogen-bond donors (Lipinski definition) is 0. The first kappa shape index (κ1) is 13.4. The molecule has 2 aliphatic heterocycles. The van der Waals surface area contributed by atoms with Gasteiger partial charge in [0.15, 0.2) is 0 Å². The van der Waals surface area contributed by atoms with Crippen molar-refractivity contribution in [2.75, 3.05) is 26.2 Å². The van der Waals surface area contributed by atoms with E-state index in [1.165, 1.54) is 90.4 Å². The summed E-state index contributed by atoms with van der Waals surface area (Å²) in [7, 11) is 0. The van der Waals surface area contributed by atoms with Crippen LogP contribution in [0.4, 0.5) is 0 Å². The molecule has 0 N–H and O–H groups in total. The fourth-order valence-corrected chi connectivity index (χ4v) is 3.01. The summed E-state index contributed by atoms with van der Waals surface area (Å²) in [4.78, 5) is 5.17. The van der Waals surface area contributed by atoms with Crippen LogP contribution in [0.5, 0.6) is 0 Å². The molecule has 17 heavy (non-hydrogen) atoms. The zero-order valence-electron chi connectivity index (χ0n) is 11.4. The smallest absolute Gasteiger partial charge is 0.0921 e. The van der Waals surface area contributed by atoms with Gasteiger partial charge in [-0.2, -0.15) is 0 Å². The molecule has 99 valence electrons. The van der Waals surface area contributed by atoms with Gasteiger partial charge in [0.25, 0.3) is 0 Å². The van der Waals surface area contributed by atoms with Crippen LogP contribution in [-0.4, -0.2) is 36.0 Å². The van der Waals surface area contributed by atoms with Crippen molar-refractivity contribution in [3.63, 3.8) is 0 Å². The van der Waals surface area contributed by atoms with Gasteiger partial charge >= 0.3 is 0 Å². The fraction of sp³-hybridized carbons (Fsp3) is 0.933. The Morgan fingerprint density at radius 1 is 0.412 bits per heavy atom.